The first kappa shape index (κ1) is 11.0. The third kappa shape index (κ3) is 2.48. The van der Waals surface area contributed by atoms with Crippen molar-refractivity contribution in [3.05, 3.63) is 29.8 Å². The van der Waals surface area contributed by atoms with Crippen molar-refractivity contribution in [2.45, 2.75) is 4.83 Å². The fourth-order valence-corrected chi connectivity index (χ4v) is 1.50. The highest BCUT2D eigenvalue weighted by Gasteiger charge is 2.16. The van der Waals surface area contributed by atoms with Crippen LogP contribution in [0.25, 0.3) is 0 Å². The number of ether oxygens (including phenoxy) is 2. The Labute approximate surface area is 91.1 Å². The van der Waals surface area contributed by atoms with E-state index in [9.17, 15) is 4.79 Å². The van der Waals surface area contributed by atoms with Crippen LogP contribution in [-0.4, -0.2) is 20.2 Å². The molecule has 0 fully saturated rings. The summed E-state index contributed by atoms with van der Waals surface area (Å²) in [5.74, 6) is 0.452. The van der Waals surface area contributed by atoms with Crippen LogP contribution >= 0.6 is 15.9 Å². The lowest BCUT2D eigenvalue weighted by Gasteiger charge is -2.08. The van der Waals surface area contributed by atoms with Gasteiger partial charge in [-0.25, -0.2) is 0 Å². The Morgan fingerprint density at radius 2 is 1.86 bits per heavy atom. The predicted octanol–water partition coefficient (Wildman–Crippen LogP) is 2.30. The Balaban J connectivity index is 2.81. The molecule has 0 aliphatic carbocycles. The lowest BCUT2D eigenvalue weighted by atomic mass is 10.1. The molecule has 0 aliphatic rings. The second-order valence-corrected chi connectivity index (χ2v) is 3.57. The number of methoxy groups -OCH3 is 2. The van der Waals surface area contributed by atoms with Crippen LogP contribution in [0.4, 0.5) is 0 Å². The molecule has 0 heterocycles. The van der Waals surface area contributed by atoms with Crippen molar-refractivity contribution in [3.8, 4) is 5.75 Å². The van der Waals surface area contributed by atoms with Gasteiger partial charge in [0.1, 0.15) is 10.6 Å². The summed E-state index contributed by atoms with van der Waals surface area (Å²) in [6, 6.07) is 7.23. The van der Waals surface area contributed by atoms with E-state index in [1.165, 1.54) is 7.11 Å². The SMILES string of the molecule is COC(=O)[C@H](Br)c1ccc(OC)cc1. The van der Waals surface area contributed by atoms with E-state index in [4.69, 9.17) is 4.74 Å². The van der Waals surface area contributed by atoms with E-state index in [0.29, 0.717) is 0 Å². The minimum Gasteiger partial charge on any atom is -0.497 e. The van der Waals surface area contributed by atoms with Crippen LogP contribution in [0.1, 0.15) is 10.4 Å². The van der Waals surface area contributed by atoms with Crippen molar-refractivity contribution in [2.24, 2.45) is 0 Å². The van der Waals surface area contributed by atoms with Gasteiger partial charge in [0.2, 0.25) is 0 Å². The molecule has 0 saturated heterocycles. The van der Waals surface area contributed by atoms with Gasteiger partial charge >= 0.3 is 5.97 Å². The van der Waals surface area contributed by atoms with Gasteiger partial charge in [-0.2, -0.15) is 0 Å². The lowest BCUT2D eigenvalue weighted by Crippen LogP contribution is -2.07. The molecule has 1 rings (SSSR count). The second kappa shape index (κ2) is 5.00. The zero-order chi connectivity index (χ0) is 10.6. The molecular weight excluding hydrogens is 248 g/mol. The molecule has 4 heteroatoms. The first-order chi connectivity index (χ1) is 6.69. The number of esters is 1. The highest BCUT2D eigenvalue weighted by Crippen LogP contribution is 2.25. The number of benzene rings is 1. The van der Waals surface area contributed by atoms with Crippen LogP contribution in [-0.2, 0) is 9.53 Å². The minimum atomic E-state index is -0.418. The van der Waals surface area contributed by atoms with E-state index in [2.05, 4.69) is 20.7 Å². The Morgan fingerprint density at radius 1 is 1.29 bits per heavy atom. The average molecular weight is 259 g/mol. The van der Waals surface area contributed by atoms with Gasteiger partial charge in [0.05, 0.1) is 14.2 Å². The van der Waals surface area contributed by atoms with Crippen LogP contribution in [0.15, 0.2) is 24.3 Å². The van der Waals surface area contributed by atoms with Gasteiger partial charge in [-0.15, -0.1) is 0 Å². The summed E-state index contributed by atoms with van der Waals surface area (Å²) in [7, 11) is 2.96. The van der Waals surface area contributed by atoms with Crippen molar-refractivity contribution < 1.29 is 14.3 Å². The van der Waals surface area contributed by atoms with E-state index in [0.717, 1.165) is 11.3 Å². The quantitative estimate of drug-likeness (QED) is 0.617. The van der Waals surface area contributed by atoms with Gasteiger partial charge in [-0.3, -0.25) is 4.79 Å². The van der Waals surface area contributed by atoms with Crippen molar-refractivity contribution in [1.29, 1.82) is 0 Å². The topological polar surface area (TPSA) is 35.5 Å². The maximum atomic E-state index is 11.2. The van der Waals surface area contributed by atoms with Crippen LogP contribution in [0.5, 0.6) is 5.75 Å². The molecule has 0 aromatic heterocycles. The molecule has 0 N–H and O–H groups in total. The molecule has 3 nitrogen and oxygen atoms in total. The maximum Gasteiger partial charge on any atom is 0.323 e. The summed E-state index contributed by atoms with van der Waals surface area (Å²) in [4.78, 5) is 10.7. The first-order valence-electron chi connectivity index (χ1n) is 4.05. The predicted molar refractivity (Wildman–Crippen MR) is 56.7 cm³/mol. The molecule has 0 amide bonds. The van der Waals surface area contributed by atoms with E-state index in [1.807, 2.05) is 12.1 Å². The van der Waals surface area contributed by atoms with E-state index in [1.54, 1.807) is 19.2 Å². The summed E-state index contributed by atoms with van der Waals surface area (Å²) in [6.07, 6.45) is 0. The minimum absolute atomic E-state index is 0.310. The van der Waals surface area contributed by atoms with Gasteiger partial charge in [0.15, 0.2) is 0 Å². The Bertz CT molecular complexity index is 308. The fourth-order valence-electron chi connectivity index (χ4n) is 1.01. The van der Waals surface area contributed by atoms with E-state index < -0.39 is 4.83 Å². The largest absolute Gasteiger partial charge is 0.497 e. The summed E-state index contributed by atoms with van der Waals surface area (Å²) in [5.41, 5.74) is 0.845. The molecular formula is C10H11BrO3. The highest BCUT2D eigenvalue weighted by molar-refractivity contribution is 9.09. The fraction of sp³-hybridized carbons (Fsp3) is 0.300. The van der Waals surface area contributed by atoms with E-state index >= 15 is 0 Å². The third-order valence-electron chi connectivity index (χ3n) is 1.82. The Kier molecular flexibility index (Phi) is 3.95. The molecule has 0 radical (unpaired) electrons. The maximum absolute atomic E-state index is 11.2. The standard InChI is InChI=1S/C10H11BrO3/c1-13-8-5-3-7(4-6-8)9(11)10(12)14-2/h3-6,9H,1-2H3/t9-/m1/s1. The highest BCUT2D eigenvalue weighted by atomic mass is 79.9. The van der Waals surface area contributed by atoms with Crippen molar-refractivity contribution in [2.75, 3.05) is 14.2 Å². The molecule has 1 aromatic rings. The number of carbonyl (C=O) groups excluding carboxylic acids is 1. The summed E-state index contributed by atoms with van der Waals surface area (Å²) in [5, 5.41) is 0. The summed E-state index contributed by atoms with van der Waals surface area (Å²) >= 11 is 3.24. The summed E-state index contributed by atoms with van der Waals surface area (Å²) in [6.45, 7) is 0. The molecule has 1 aromatic carbocycles. The second-order valence-electron chi connectivity index (χ2n) is 2.66. The monoisotopic (exact) mass is 258 g/mol. The van der Waals surface area contributed by atoms with Crippen LogP contribution in [0.2, 0.25) is 0 Å². The average Bonchev–Trinajstić information content (AvgIpc) is 2.27. The molecule has 0 unspecified atom stereocenters. The lowest BCUT2D eigenvalue weighted by molar-refractivity contribution is -0.139. The van der Waals surface area contributed by atoms with Gasteiger partial charge in [0, 0.05) is 0 Å². The van der Waals surface area contributed by atoms with Gasteiger partial charge in [-0.1, -0.05) is 28.1 Å². The smallest absolute Gasteiger partial charge is 0.323 e. The number of hydrogen-bond donors (Lipinski definition) is 0. The van der Waals surface area contributed by atoms with Crippen molar-refractivity contribution >= 4 is 21.9 Å². The number of carbonyl (C=O) groups is 1. The van der Waals surface area contributed by atoms with Gasteiger partial charge in [-0.05, 0) is 17.7 Å². The van der Waals surface area contributed by atoms with Crippen molar-refractivity contribution in [1.82, 2.24) is 0 Å². The Hall–Kier alpha value is -1.03. The van der Waals surface area contributed by atoms with Crippen molar-refractivity contribution in [3.63, 3.8) is 0 Å². The molecule has 0 aliphatic heterocycles. The van der Waals surface area contributed by atoms with Crippen LogP contribution < -0.4 is 4.74 Å². The molecule has 0 bridgehead atoms. The molecule has 14 heavy (non-hydrogen) atoms. The first-order valence-corrected chi connectivity index (χ1v) is 4.96. The summed E-state index contributed by atoms with van der Waals surface area (Å²) < 4.78 is 9.61. The number of rotatable bonds is 3. The number of halogens is 1. The van der Waals surface area contributed by atoms with Crippen LogP contribution in [0.3, 0.4) is 0 Å². The van der Waals surface area contributed by atoms with Crippen LogP contribution in [0, 0.1) is 0 Å². The zero-order valence-corrected chi connectivity index (χ0v) is 9.58. The van der Waals surface area contributed by atoms with Gasteiger partial charge in [0.25, 0.3) is 0 Å². The molecule has 76 valence electrons. The zero-order valence-electron chi connectivity index (χ0n) is 7.99. The normalized spacial score (nSPS) is 11.9. The molecule has 1 atom stereocenters. The number of alkyl halides is 1. The Morgan fingerprint density at radius 3 is 2.29 bits per heavy atom. The van der Waals surface area contributed by atoms with E-state index in [-0.39, 0.29) is 5.97 Å². The molecule has 0 saturated carbocycles. The number of hydrogen-bond acceptors (Lipinski definition) is 3. The molecule has 0 spiro atoms. The third-order valence-corrected chi connectivity index (χ3v) is 2.72. The van der Waals surface area contributed by atoms with Gasteiger partial charge < -0.3 is 9.47 Å².